The number of hydrogen-bond acceptors (Lipinski definition) is 1. The molecule has 0 amide bonds. The van der Waals surface area contributed by atoms with Crippen molar-refractivity contribution in [2.45, 2.75) is 18.8 Å². The average Bonchev–Trinajstić information content (AvgIpc) is 2.18. The summed E-state index contributed by atoms with van der Waals surface area (Å²) in [6.07, 6.45) is 1.18. The number of benzene rings is 1. The summed E-state index contributed by atoms with van der Waals surface area (Å²) in [6.45, 7) is 0. The summed E-state index contributed by atoms with van der Waals surface area (Å²) in [5.74, 6) is -4.14. The fraction of sp³-hybridized carbons (Fsp3) is 0.364. The molecule has 74 valence electrons. The minimum atomic E-state index is -2.99. The number of aldehydes is 1. The van der Waals surface area contributed by atoms with Gasteiger partial charge in [-0.25, -0.2) is 8.78 Å². The van der Waals surface area contributed by atoms with Gasteiger partial charge in [0.25, 0.3) is 5.92 Å². The minimum Gasteiger partial charge on any atom is -0.303 e. The standard InChI is InChI=1S/C11H10F2O/c12-11(13)9(7-14)6-5-8-3-1-2-4-10(8)11/h1-4,7,9H,5-6H2. The Bertz CT molecular complexity index is 360. The highest BCUT2D eigenvalue weighted by Crippen LogP contribution is 2.43. The summed E-state index contributed by atoms with van der Waals surface area (Å²) in [6, 6.07) is 6.44. The third-order valence-corrected chi connectivity index (χ3v) is 2.73. The molecule has 2 rings (SSSR count). The number of fused-ring (bicyclic) bond motifs is 1. The molecule has 0 heterocycles. The first-order valence-electron chi connectivity index (χ1n) is 4.57. The van der Waals surface area contributed by atoms with Gasteiger partial charge < -0.3 is 4.79 Å². The van der Waals surface area contributed by atoms with Crippen LogP contribution in [0.3, 0.4) is 0 Å². The maximum atomic E-state index is 13.6. The molecular weight excluding hydrogens is 186 g/mol. The molecule has 1 aliphatic rings. The normalized spacial score (nSPS) is 24.0. The lowest BCUT2D eigenvalue weighted by atomic mass is 9.81. The molecule has 1 atom stereocenters. The summed E-state index contributed by atoms with van der Waals surface area (Å²) in [5.41, 5.74) is 0.680. The molecule has 1 aromatic carbocycles. The third-order valence-electron chi connectivity index (χ3n) is 2.73. The maximum Gasteiger partial charge on any atom is 0.282 e. The second kappa shape index (κ2) is 3.15. The lowest BCUT2D eigenvalue weighted by Crippen LogP contribution is -2.32. The highest BCUT2D eigenvalue weighted by molar-refractivity contribution is 5.58. The van der Waals surface area contributed by atoms with E-state index in [1.807, 2.05) is 0 Å². The Morgan fingerprint density at radius 2 is 2.07 bits per heavy atom. The molecule has 1 aliphatic carbocycles. The Morgan fingerprint density at radius 3 is 2.79 bits per heavy atom. The zero-order valence-electron chi connectivity index (χ0n) is 7.54. The van der Waals surface area contributed by atoms with Crippen LogP contribution >= 0.6 is 0 Å². The van der Waals surface area contributed by atoms with Gasteiger partial charge in [0.05, 0.1) is 5.92 Å². The second-order valence-electron chi connectivity index (χ2n) is 3.56. The number of hydrogen-bond donors (Lipinski definition) is 0. The molecule has 0 bridgehead atoms. The summed E-state index contributed by atoms with van der Waals surface area (Å²) in [7, 11) is 0. The molecule has 0 aliphatic heterocycles. The van der Waals surface area contributed by atoms with Gasteiger partial charge >= 0.3 is 0 Å². The van der Waals surface area contributed by atoms with Crippen molar-refractivity contribution in [3.63, 3.8) is 0 Å². The first-order chi connectivity index (χ1) is 6.66. The van der Waals surface area contributed by atoms with Crippen molar-refractivity contribution in [3.8, 4) is 0 Å². The third kappa shape index (κ3) is 1.24. The van der Waals surface area contributed by atoms with E-state index in [0.29, 0.717) is 18.3 Å². The Kier molecular flexibility index (Phi) is 2.10. The van der Waals surface area contributed by atoms with Crippen molar-refractivity contribution in [1.82, 2.24) is 0 Å². The summed E-state index contributed by atoms with van der Waals surface area (Å²) in [5, 5.41) is 0. The molecular formula is C11H10F2O. The fourth-order valence-electron chi connectivity index (χ4n) is 1.91. The van der Waals surface area contributed by atoms with Crippen molar-refractivity contribution in [1.29, 1.82) is 0 Å². The molecule has 1 unspecified atom stereocenters. The van der Waals surface area contributed by atoms with Crippen LogP contribution in [0.4, 0.5) is 8.78 Å². The van der Waals surface area contributed by atoms with Gasteiger partial charge in [-0.05, 0) is 18.4 Å². The molecule has 3 heteroatoms. The molecule has 0 spiro atoms. The van der Waals surface area contributed by atoms with E-state index in [0.717, 1.165) is 0 Å². The van der Waals surface area contributed by atoms with E-state index in [-0.39, 0.29) is 12.0 Å². The van der Waals surface area contributed by atoms with Crippen LogP contribution in [-0.4, -0.2) is 6.29 Å². The summed E-state index contributed by atoms with van der Waals surface area (Å²) >= 11 is 0. The Labute approximate surface area is 80.7 Å². The van der Waals surface area contributed by atoms with E-state index in [1.165, 1.54) is 6.07 Å². The van der Waals surface area contributed by atoms with Crippen LogP contribution in [-0.2, 0) is 17.1 Å². The second-order valence-corrected chi connectivity index (χ2v) is 3.56. The van der Waals surface area contributed by atoms with Gasteiger partial charge in [0.1, 0.15) is 6.29 Å². The largest absolute Gasteiger partial charge is 0.303 e. The fourth-order valence-corrected chi connectivity index (χ4v) is 1.91. The Balaban J connectivity index is 2.51. The lowest BCUT2D eigenvalue weighted by molar-refractivity contribution is -0.129. The van der Waals surface area contributed by atoms with Crippen molar-refractivity contribution in [3.05, 3.63) is 35.4 Å². The van der Waals surface area contributed by atoms with Crippen molar-refractivity contribution >= 4 is 6.29 Å². The zero-order chi connectivity index (χ0) is 10.2. The summed E-state index contributed by atoms with van der Waals surface area (Å²) in [4.78, 5) is 10.5. The smallest absolute Gasteiger partial charge is 0.282 e. The molecule has 0 aromatic heterocycles. The van der Waals surface area contributed by atoms with Gasteiger partial charge in [0.15, 0.2) is 0 Å². The molecule has 0 fully saturated rings. The molecule has 0 radical (unpaired) electrons. The SMILES string of the molecule is O=CC1CCc2ccccc2C1(F)F. The van der Waals surface area contributed by atoms with E-state index < -0.39 is 11.8 Å². The maximum absolute atomic E-state index is 13.6. The van der Waals surface area contributed by atoms with E-state index >= 15 is 0 Å². The van der Waals surface area contributed by atoms with Crippen LogP contribution < -0.4 is 0 Å². The average molecular weight is 196 g/mol. The number of carbonyl (C=O) groups excluding carboxylic acids is 1. The van der Waals surface area contributed by atoms with Gasteiger partial charge in [0, 0.05) is 5.56 Å². The molecule has 14 heavy (non-hydrogen) atoms. The van der Waals surface area contributed by atoms with E-state index in [9.17, 15) is 13.6 Å². The minimum absolute atomic E-state index is 0.0170. The van der Waals surface area contributed by atoms with Crippen LogP contribution in [0.5, 0.6) is 0 Å². The van der Waals surface area contributed by atoms with E-state index in [1.54, 1.807) is 18.2 Å². The molecule has 1 aromatic rings. The van der Waals surface area contributed by atoms with Gasteiger partial charge in [-0.1, -0.05) is 24.3 Å². The van der Waals surface area contributed by atoms with Crippen LogP contribution in [0.25, 0.3) is 0 Å². The monoisotopic (exact) mass is 196 g/mol. The predicted molar refractivity (Wildman–Crippen MR) is 48.2 cm³/mol. The highest BCUT2D eigenvalue weighted by atomic mass is 19.3. The number of aryl methyl sites for hydroxylation is 1. The Hall–Kier alpha value is -1.25. The van der Waals surface area contributed by atoms with E-state index in [4.69, 9.17) is 0 Å². The molecule has 0 saturated carbocycles. The topological polar surface area (TPSA) is 17.1 Å². The summed E-state index contributed by atoms with van der Waals surface area (Å²) < 4.78 is 27.3. The number of alkyl halides is 2. The van der Waals surface area contributed by atoms with Crippen LogP contribution in [0.2, 0.25) is 0 Å². The molecule has 1 nitrogen and oxygen atoms in total. The zero-order valence-corrected chi connectivity index (χ0v) is 7.54. The van der Waals surface area contributed by atoms with Crippen LogP contribution in [0.1, 0.15) is 17.5 Å². The number of carbonyl (C=O) groups is 1. The molecule has 0 N–H and O–H groups in total. The Morgan fingerprint density at radius 1 is 1.36 bits per heavy atom. The van der Waals surface area contributed by atoms with Crippen molar-refractivity contribution in [2.24, 2.45) is 5.92 Å². The predicted octanol–water partition coefficient (Wildman–Crippen LogP) is 2.54. The first kappa shape index (κ1) is 9.31. The first-order valence-corrected chi connectivity index (χ1v) is 4.57. The number of halogens is 2. The van der Waals surface area contributed by atoms with Crippen LogP contribution in [0.15, 0.2) is 24.3 Å². The van der Waals surface area contributed by atoms with Crippen molar-refractivity contribution < 1.29 is 13.6 Å². The van der Waals surface area contributed by atoms with E-state index in [2.05, 4.69) is 0 Å². The highest BCUT2D eigenvalue weighted by Gasteiger charge is 2.45. The van der Waals surface area contributed by atoms with Gasteiger partial charge in [-0.15, -0.1) is 0 Å². The lowest BCUT2D eigenvalue weighted by Gasteiger charge is -2.29. The van der Waals surface area contributed by atoms with Gasteiger partial charge in [-0.3, -0.25) is 0 Å². The quantitative estimate of drug-likeness (QED) is 0.631. The van der Waals surface area contributed by atoms with Crippen LogP contribution in [0, 0.1) is 5.92 Å². The molecule has 0 saturated heterocycles. The van der Waals surface area contributed by atoms with Crippen molar-refractivity contribution in [2.75, 3.05) is 0 Å². The van der Waals surface area contributed by atoms with Gasteiger partial charge in [0.2, 0.25) is 0 Å². The number of rotatable bonds is 1. The van der Waals surface area contributed by atoms with Gasteiger partial charge in [-0.2, -0.15) is 0 Å².